The van der Waals surface area contributed by atoms with E-state index < -0.39 is 0 Å². The molecule has 0 amide bonds. The van der Waals surface area contributed by atoms with E-state index in [1.807, 2.05) is 45.2 Å². The number of aryl methyl sites for hydroxylation is 2. The highest BCUT2D eigenvalue weighted by molar-refractivity contribution is 9.10. The lowest BCUT2D eigenvalue weighted by Gasteiger charge is -2.13. The van der Waals surface area contributed by atoms with Crippen LogP contribution in [0.4, 0.5) is 11.5 Å². The minimum absolute atomic E-state index is 0.0580. The van der Waals surface area contributed by atoms with Gasteiger partial charge in [-0.05, 0) is 43.7 Å². The first-order valence-electron chi connectivity index (χ1n) is 7.69. The predicted octanol–water partition coefficient (Wildman–Crippen LogP) is 3.96. The third-order valence-electron chi connectivity index (χ3n) is 4.04. The van der Waals surface area contributed by atoms with Crippen molar-refractivity contribution < 1.29 is 0 Å². The Hall–Kier alpha value is -2.34. The first kappa shape index (κ1) is 16.5. The molecule has 0 saturated carbocycles. The molecule has 0 saturated heterocycles. The number of nitrogens with one attached hydrogen (secondary N) is 3. The molecule has 0 atom stereocenters. The van der Waals surface area contributed by atoms with Crippen molar-refractivity contribution in [2.24, 2.45) is 0 Å². The number of hydrogen-bond donors (Lipinski definition) is 3. The number of anilines is 2. The number of aromatic amines is 1. The van der Waals surface area contributed by atoms with Crippen LogP contribution in [0.3, 0.4) is 0 Å². The summed E-state index contributed by atoms with van der Waals surface area (Å²) in [4.78, 5) is 19.5. The van der Waals surface area contributed by atoms with Crippen LogP contribution in [-0.2, 0) is 6.54 Å². The molecule has 0 spiro atoms. The Morgan fingerprint density at radius 2 is 2.00 bits per heavy atom. The fourth-order valence-electron chi connectivity index (χ4n) is 2.87. The van der Waals surface area contributed by atoms with Gasteiger partial charge in [-0.2, -0.15) is 0 Å². The predicted molar refractivity (Wildman–Crippen MR) is 103 cm³/mol. The number of halogens is 1. The second kappa shape index (κ2) is 6.65. The van der Waals surface area contributed by atoms with Gasteiger partial charge in [0.05, 0.1) is 0 Å². The van der Waals surface area contributed by atoms with Gasteiger partial charge in [0, 0.05) is 52.0 Å². The number of H-pyrrole nitrogens is 1. The van der Waals surface area contributed by atoms with Gasteiger partial charge in [0.1, 0.15) is 5.82 Å². The molecule has 3 N–H and O–H groups in total. The molecule has 2 heterocycles. The average molecular weight is 387 g/mol. The van der Waals surface area contributed by atoms with Gasteiger partial charge < -0.3 is 15.6 Å². The van der Waals surface area contributed by atoms with E-state index in [1.54, 1.807) is 6.20 Å². The van der Waals surface area contributed by atoms with Crippen LogP contribution in [0.5, 0.6) is 0 Å². The van der Waals surface area contributed by atoms with Gasteiger partial charge in [-0.15, -0.1) is 0 Å². The zero-order valence-corrected chi connectivity index (χ0v) is 15.4. The Balaban J connectivity index is 2.00. The van der Waals surface area contributed by atoms with Gasteiger partial charge in [0.15, 0.2) is 0 Å². The van der Waals surface area contributed by atoms with Crippen molar-refractivity contribution in [2.45, 2.75) is 20.4 Å². The number of pyridine rings is 2. The Kier molecular flexibility index (Phi) is 4.57. The van der Waals surface area contributed by atoms with E-state index in [-0.39, 0.29) is 5.56 Å². The highest BCUT2D eigenvalue weighted by atomic mass is 79.9. The smallest absolute Gasteiger partial charge is 0.253 e. The van der Waals surface area contributed by atoms with Crippen LogP contribution in [0.25, 0.3) is 10.8 Å². The second-order valence-corrected chi connectivity index (χ2v) is 6.67. The maximum absolute atomic E-state index is 12.2. The van der Waals surface area contributed by atoms with E-state index >= 15 is 0 Å². The van der Waals surface area contributed by atoms with Crippen molar-refractivity contribution in [2.75, 3.05) is 17.7 Å². The molecule has 0 fully saturated rings. The van der Waals surface area contributed by atoms with Gasteiger partial charge in [0.25, 0.3) is 5.56 Å². The molecule has 0 aliphatic rings. The number of benzene rings is 1. The van der Waals surface area contributed by atoms with Crippen LogP contribution in [0.15, 0.2) is 39.7 Å². The van der Waals surface area contributed by atoms with Crippen molar-refractivity contribution in [3.8, 4) is 0 Å². The molecule has 2 aromatic heterocycles. The summed E-state index contributed by atoms with van der Waals surface area (Å²) < 4.78 is 0.972. The van der Waals surface area contributed by atoms with Gasteiger partial charge >= 0.3 is 0 Å². The Morgan fingerprint density at radius 3 is 2.71 bits per heavy atom. The highest BCUT2D eigenvalue weighted by Gasteiger charge is 2.10. The van der Waals surface area contributed by atoms with Crippen LogP contribution in [0.2, 0.25) is 0 Å². The highest BCUT2D eigenvalue weighted by Crippen LogP contribution is 2.31. The standard InChI is InChI=1S/C18H19BrN4O/c1-10-6-11(2)23-18(24)15(10)9-22-17-14-7-12(19)8-16(20-3)13(14)4-5-21-17/h4-8,20H,9H2,1-3H3,(H,21,22)(H,23,24). The summed E-state index contributed by atoms with van der Waals surface area (Å²) in [5, 5.41) is 8.57. The lowest BCUT2D eigenvalue weighted by molar-refractivity contribution is 1.01. The van der Waals surface area contributed by atoms with E-state index in [0.717, 1.165) is 43.6 Å². The van der Waals surface area contributed by atoms with Crippen LogP contribution in [-0.4, -0.2) is 17.0 Å². The molecule has 6 heteroatoms. The number of aromatic nitrogens is 2. The Labute approximate surface area is 148 Å². The van der Waals surface area contributed by atoms with Crippen molar-refractivity contribution in [1.82, 2.24) is 9.97 Å². The third-order valence-corrected chi connectivity index (χ3v) is 4.50. The van der Waals surface area contributed by atoms with Crippen LogP contribution >= 0.6 is 15.9 Å². The lowest BCUT2D eigenvalue weighted by atomic mass is 10.1. The van der Waals surface area contributed by atoms with Crippen molar-refractivity contribution in [3.63, 3.8) is 0 Å². The number of hydrogen-bond acceptors (Lipinski definition) is 4. The van der Waals surface area contributed by atoms with Crippen LogP contribution in [0, 0.1) is 13.8 Å². The molecule has 1 aromatic carbocycles. The molecular weight excluding hydrogens is 368 g/mol. The molecule has 5 nitrogen and oxygen atoms in total. The van der Waals surface area contributed by atoms with E-state index in [4.69, 9.17) is 0 Å². The molecule has 24 heavy (non-hydrogen) atoms. The molecule has 3 aromatic rings. The van der Waals surface area contributed by atoms with E-state index in [2.05, 4.69) is 36.5 Å². The first-order chi connectivity index (χ1) is 11.5. The SMILES string of the molecule is CNc1cc(Br)cc2c(NCc3c(C)cc(C)[nH]c3=O)nccc12. The minimum Gasteiger partial charge on any atom is -0.388 e. The maximum Gasteiger partial charge on any atom is 0.253 e. The summed E-state index contributed by atoms with van der Waals surface area (Å²) >= 11 is 3.53. The molecule has 0 aliphatic carbocycles. The lowest BCUT2D eigenvalue weighted by Crippen LogP contribution is -2.18. The number of nitrogens with zero attached hydrogens (tertiary/aromatic N) is 1. The summed E-state index contributed by atoms with van der Waals surface area (Å²) in [5.41, 5.74) is 3.53. The quantitative estimate of drug-likeness (QED) is 0.634. The van der Waals surface area contributed by atoms with E-state index in [1.165, 1.54) is 0 Å². The van der Waals surface area contributed by atoms with Gasteiger partial charge in [-0.1, -0.05) is 15.9 Å². The van der Waals surface area contributed by atoms with E-state index in [9.17, 15) is 4.79 Å². The maximum atomic E-state index is 12.2. The summed E-state index contributed by atoms with van der Waals surface area (Å²) in [6.07, 6.45) is 1.77. The summed E-state index contributed by atoms with van der Waals surface area (Å²) in [5.74, 6) is 0.754. The largest absolute Gasteiger partial charge is 0.388 e. The molecule has 0 aliphatic heterocycles. The zero-order valence-electron chi connectivity index (χ0n) is 13.8. The fraction of sp³-hybridized carbons (Fsp3) is 0.222. The first-order valence-corrected chi connectivity index (χ1v) is 8.48. The van der Waals surface area contributed by atoms with Gasteiger partial charge in [-0.3, -0.25) is 4.79 Å². The average Bonchev–Trinajstić information content (AvgIpc) is 2.53. The second-order valence-electron chi connectivity index (χ2n) is 5.75. The monoisotopic (exact) mass is 386 g/mol. The molecule has 0 radical (unpaired) electrons. The Bertz CT molecular complexity index is 965. The molecule has 124 valence electrons. The van der Waals surface area contributed by atoms with Gasteiger partial charge in [0.2, 0.25) is 0 Å². The van der Waals surface area contributed by atoms with Crippen molar-refractivity contribution in [1.29, 1.82) is 0 Å². The molecule has 3 rings (SSSR count). The normalized spacial score (nSPS) is 10.8. The minimum atomic E-state index is -0.0580. The zero-order chi connectivity index (χ0) is 17.3. The number of fused-ring (bicyclic) bond motifs is 1. The third kappa shape index (κ3) is 3.14. The molecule has 0 unspecified atom stereocenters. The van der Waals surface area contributed by atoms with Gasteiger partial charge in [-0.25, -0.2) is 4.98 Å². The topological polar surface area (TPSA) is 69.8 Å². The Morgan fingerprint density at radius 1 is 1.21 bits per heavy atom. The summed E-state index contributed by atoms with van der Waals surface area (Å²) in [6, 6.07) is 8.01. The summed E-state index contributed by atoms with van der Waals surface area (Å²) in [7, 11) is 1.89. The molecule has 0 bridgehead atoms. The fourth-order valence-corrected chi connectivity index (χ4v) is 3.33. The summed E-state index contributed by atoms with van der Waals surface area (Å²) in [6.45, 7) is 4.26. The number of rotatable bonds is 4. The van der Waals surface area contributed by atoms with Crippen molar-refractivity contribution in [3.05, 3.63) is 62.1 Å². The van der Waals surface area contributed by atoms with E-state index in [0.29, 0.717) is 6.54 Å². The van der Waals surface area contributed by atoms with Crippen LogP contribution in [0.1, 0.15) is 16.8 Å². The van der Waals surface area contributed by atoms with Crippen molar-refractivity contribution >= 4 is 38.2 Å². The van der Waals surface area contributed by atoms with Crippen LogP contribution < -0.4 is 16.2 Å². The molecular formula is C18H19BrN4O.